The number of aliphatic hydroxyl groups is 1. The highest BCUT2D eigenvalue weighted by atomic mass is 19.1. The number of aromatic nitrogens is 3. The number of amides is 1. The number of aliphatic hydroxyl groups excluding tert-OH is 1. The lowest BCUT2D eigenvalue weighted by molar-refractivity contribution is 0.0395. The van der Waals surface area contributed by atoms with Crippen molar-refractivity contribution in [3.8, 4) is 11.4 Å². The van der Waals surface area contributed by atoms with E-state index in [0.717, 1.165) is 56.8 Å². The number of benzene rings is 2. The number of fused-ring (bicyclic) bond motifs is 1. The molecule has 3 aliphatic rings. The second kappa shape index (κ2) is 13.0. The zero-order chi connectivity index (χ0) is 30.6. The normalized spacial score (nSPS) is 17.7. The fraction of sp³-hybridized carbons (Fsp3) is 0.387. The fourth-order valence-electron chi connectivity index (χ4n) is 5.68. The number of allylic oxidation sites excluding steroid dienone is 1. The van der Waals surface area contributed by atoms with E-state index >= 15 is 4.39 Å². The molecule has 1 saturated carbocycles. The Morgan fingerprint density at radius 2 is 2.00 bits per heavy atom. The molecule has 3 aromatic rings. The van der Waals surface area contributed by atoms with Gasteiger partial charge in [-0.1, -0.05) is 18.2 Å². The van der Waals surface area contributed by atoms with Crippen molar-refractivity contribution in [2.45, 2.75) is 31.8 Å². The summed E-state index contributed by atoms with van der Waals surface area (Å²) in [4.78, 5) is 34.9. The van der Waals surface area contributed by atoms with Gasteiger partial charge in [0.05, 0.1) is 43.3 Å². The third-order valence-electron chi connectivity index (χ3n) is 8.12. The molecule has 13 heteroatoms. The van der Waals surface area contributed by atoms with Gasteiger partial charge in [-0.2, -0.15) is 15.0 Å². The Balaban J connectivity index is 1.22. The zero-order valence-corrected chi connectivity index (χ0v) is 24.4. The summed E-state index contributed by atoms with van der Waals surface area (Å²) in [5.41, 5.74) is 15.4. The maximum atomic E-state index is 15.2. The minimum Gasteiger partial charge on any atom is -0.403 e. The number of anilines is 3. The number of rotatable bonds is 10. The van der Waals surface area contributed by atoms with Crippen LogP contribution in [-0.2, 0) is 17.8 Å². The summed E-state index contributed by atoms with van der Waals surface area (Å²) < 4.78 is 20.6. The quantitative estimate of drug-likeness (QED) is 0.253. The fourth-order valence-corrected chi connectivity index (χ4v) is 5.68. The molecule has 230 valence electrons. The standard InChI is InChI=1S/C31H36FN9O3/c32-25-15-21(19-4-5-19)14-20-6-8-41(29(43)27(20)25)26-3-1-2-23(24(26)18-42)28-37-30(34)39-31(38-28)36-22(16-33)17-35-7-9-40-10-12-44-13-11-40/h1-3,14-17,19,42H,4-13,18,33H2,(H3,34,36,37,38,39). The predicted molar refractivity (Wildman–Crippen MR) is 166 cm³/mol. The van der Waals surface area contributed by atoms with E-state index in [1.54, 1.807) is 24.4 Å². The smallest absolute Gasteiger partial charge is 0.261 e. The minimum atomic E-state index is -0.504. The highest BCUT2D eigenvalue weighted by Crippen LogP contribution is 2.42. The average molecular weight is 602 g/mol. The van der Waals surface area contributed by atoms with Crippen molar-refractivity contribution in [1.82, 2.24) is 19.9 Å². The molecule has 6 rings (SSSR count). The first kappa shape index (κ1) is 29.6. The Bertz CT molecular complexity index is 1600. The number of carbonyl (C=O) groups is 1. The van der Waals surface area contributed by atoms with Gasteiger partial charge in [-0.05, 0) is 48.4 Å². The van der Waals surface area contributed by atoms with E-state index in [1.165, 1.54) is 17.2 Å². The lowest BCUT2D eigenvalue weighted by Crippen LogP contribution is -2.39. The van der Waals surface area contributed by atoms with E-state index in [-0.39, 0.29) is 23.3 Å². The summed E-state index contributed by atoms with van der Waals surface area (Å²) in [6, 6.07) is 8.64. The molecule has 1 aromatic heterocycles. The molecule has 0 bridgehead atoms. The summed E-state index contributed by atoms with van der Waals surface area (Å²) in [6.45, 7) is 4.54. The number of nitrogens with zero attached hydrogens (tertiary/aromatic N) is 6. The van der Waals surface area contributed by atoms with Crippen molar-refractivity contribution in [2.75, 3.05) is 61.9 Å². The number of morpholine rings is 1. The number of hydrogen-bond acceptors (Lipinski definition) is 11. The maximum absolute atomic E-state index is 15.2. The molecule has 2 aliphatic heterocycles. The summed E-state index contributed by atoms with van der Waals surface area (Å²) in [5.74, 6) is -0.289. The molecule has 2 fully saturated rings. The molecule has 0 radical (unpaired) electrons. The van der Waals surface area contributed by atoms with Crippen LogP contribution in [0.15, 0.2) is 47.2 Å². The molecular formula is C31H36FN9O3. The van der Waals surface area contributed by atoms with Crippen LogP contribution < -0.4 is 21.7 Å². The Kier molecular flexibility index (Phi) is 8.77. The molecule has 12 nitrogen and oxygen atoms in total. The van der Waals surface area contributed by atoms with Crippen LogP contribution in [0.4, 0.5) is 22.0 Å². The number of halogens is 1. The molecule has 44 heavy (non-hydrogen) atoms. The molecule has 3 heterocycles. The van der Waals surface area contributed by atoms with Crippen LogP contribution >= 0.6 is 0 Å². The number of carbonyl (C=O) groups excluding carboxylic acids is 1. The zero-order valence-electron chi connectivity index (χ0n) is 24.4. The van der Waals surface area contributed by atoms with Gasteiger partial charge in [0.15, 0.2) is 5.82 Å². The Labute approximate surface area is 254 Å². The molecule has 0 atom stereocenters. The molecule has 2 aromatic carbocycles. The summed E-state index contributed by atoms with van der Waals surface area (Å²) in [7, 11) is 0. The van der Waals surface area contributed by atoms with E-state index in [9.17, 15) is 9.90 Å². The van der Waals surface area contributed by atoms with Crippen molar-refractivity contribution in [2.24, 2.45) is 10.7 Å². The van der Waals surface area contributed by atoms with Crippen LogP contribution in [0.2, 0.25) is 0 Å². The molecule has 6 N–H and O–H groups in total. The van der Waals surface area contributed by atoms with Crippen LogP contribution in [0.1, 0.15) is 45.8 Å². The molecule has 1 amide bonds. The highest BCUT2D eigenvalue weighted by molar-refractivity contribution is 6.09. The lowest BCUT2D eigenvalue weighted by atomic mass is 9.93. The SMILES string of the molecule is NC=C(C=NCCN1CCOCC1)Nc1nc(N)nc(-c2cccc(N3CCc4cc(C5CC5)cc(F)c4C3=O)c2CO)n1. The van der Waals surface area contributed by atoms with Gasteiger partial charge in [0.1, 0.15) is 5.82 Å². The largest absolute Gasteiger partial charge is 0.403 e. The number of nitrogens with two attached hydrogens (primary N) is 2. The van der Waals surface area contributed by atoms with Crippen LogP contribution in [0.3, 0.4) is 0 Å². The van der Waals surface area contributed by atoms with E-state index in [4.69, 9.17) is 16.2 Å². The van der Waals surface area contributed by atoms with Crippen LogP contribution in [-0.4, -0.2) is 83.0 Å². The average Bonchev–Trinajstić information content (AvgIpc) is 3.88. The van der Waals surface area contributed by atoms with Crippen molar-refractivity contribution < 1.29 is 19.0 Å². The third-order valence-corrected chi connectivity index (χ3v) is 8.12. The van der Waals surface area contributed by atoms with Gasteiger partial charge in [0.25, 0.3) is 5.91 Å². The van der Waals surface area contributed by atoms with Crippen molar-refractivity contribution >= 4 is 29.7 Å². The molecule has 0 unspecified atom stereocenters. The van der Waals surface area contributed by atoms with E-state index in [2.05, 4.69) is 30.2 Å². The highest BCUT2D eigenvalue weighted by Gasteiger charge is 2.33. The van der Waals surface area contributed by atoms with E-state index in [1.807, 2.05) is 6.07 Å². The first-order valence-electron chi connectivity index (χ1n) is 14.8. The van der Waals surface area contributed by atoms with Crippen LogP contribution in [0.25, 0.3) is 11.4 Å². The molecule has 1 saturated heterocycles. The van der Waals surface area contributed by atoms with E-state index in [0.29, 0.717) is 47.9 Å². The minimum absolute atomic E-state index is 0.0519. The van der Waals surface area contributed by atoms with Crippen molar-refractivity contribution in [3.63, 3.8) is 0 Å². The summed E-state index contributed by atoms with van der Waals surface area (Å²) in [5, 5.41) is 13.5. The molecular weight excluding hydrogens is 565 g/mol. The van der Waals surface area contributed by atoms with Crippen molar-refractivity contribution in [3.05, 3.63) is 70.3 Å². The van der Waals surface area contributed by atoms with Gasteiger partial charge in [-0.15, -0.1) is 0 Å². The molecule has 1 aliphatic carbocycles. The monoisotopic (exact) mass is 601 g/mol. The number of nitrogen functional groups attached to an aromatic ring is 1. The number of hydrogen-bond donors (Lipinski definition) is 4. The first-order chi connectivity index (χ1) is 21.4. The summed E-state index contributed by atoms with van der Waals surface area (Å²) in [6.07, 6.45) is 5.56. The van der Waals surface area contributed by atoms with Gasteiger partial charge >= 0.3 is 0 Å². The Morgan fingerprint density at radius 1 is 1.18 bits per heavy atom. The topological polar surface area (TPSA) is 168 Å². The molecule has 0 spiro atoms. The predicted octanol–water partition coefficient (Wildman–Crippen LogP) is 2.45. The third kappa shape index (κ3) is 6.39. The van der Waals surface area contributed by atoms with Gasteiger partial charge in [-0.25, -0.2) is 4.39 Å². The number of aliphatic imine (C=N–C) groups is 1. The Morgan fingerprint density at radius 3 is 2.75 bits per heavy atom. The summed E-state index contributed by atoms with van der Waals surface area (Å²) >= 11 is 0. The lowest BCUT2D eigenvalue weighted by Gasteiger charge is -2.31. The van der Waals surface area contributed by atoms with E-state index < -0.39 is 18.3 Å². The van der Waals surface area contributed by atoms with Gasteiger partial charge < -0.3 is 31.5 Å². The second-order valence-corrected chi connectivity index (χ2v) is 11.1. The first-order valence-corrected chi connectivity index (χ1v) is 14.8. The van der Waals surface area contributed by atoms with Gasteiger partial charge in [-0.3, -0.25) is 14.7 Å². The second-order valence-electron chi connectivity index (χ2n) is 11.1. The van der Waals surface area contributed by atoms with Crippen LogP contribution in [0.5, 0.6) is 0 Å². The number of nitrogens with one attached hydrogen (secondary N) is 1. The number of ether oxygens (including phenoxy) is 1. The van der Waals surface area contributed by atoms with Gasteiger partial charge in [0.2, 0.25) is 11.9 Å². The van der Waals surface area contributed by atoms with Gasteiger partial charge in [0, 0.05) is 49.7 Å². The Hall–Kier alpha value is -4.46. The maximum Gasteiger partial charge on any atom is 0.261 e. The van der Waals surface area contributed by atoms with Crippen LogP contribution in [0, 0.1) is 5.82 Å². The van der Waals surface area contributed by atoms with Crippen molar-refractivity contribution in [1.29, 1.82) is 0 Å².